The predicted octanol–water partition coefficient (Wildman–Crippen LogP) is 7.08. The van der Waals surface area contributed by atoms with Crippen LogP contribution in [0.3, 0.4) is 0 Å². The number of phosphoric ester groups is 1. The van der Waals surface area contributed by atoms with Crippen LogP contribution in [0, 0.1) is 20.8 Å². The molecule has 5 heteroatoms. The van der Waals surface area contributed by atoms with Gasteiger partial charge in [-0.1, -0.05) is 90.5 Å². The molecule has 0 amide bonds. The van der Waals surface area contributed by atoms with Crippen molar-refractivity contribution in [3.05, 3.63) is 102 Å². The zero-order chi connectivity index (χ0) is 22.9. The molecule has 0 aliphatic heterocycles. The van der Waals surface area contributed by atoms with Crippen molar-refractivity contribution in [3.8, 4) is 39.1 Å². The van der Waals surface area contributed by atoms with Gasteiger partial charge in [0.25, 0.3) is 0 Å². The zero-order valence-electron chi connectivity index (χ0n) is 18.2. The minimum absolute atomic E-state index is 0.215. The lowest BCUT2D eigenvalue weighted by molar-refractivity contribution is 0.282. The monoisotopic (exact) mass is 444 g/mol. The Hall–Kier alpha value is -3.17. The largest absolute Gasteiger partial charge is 0.524 e. The maximum atomic E-state index is 11.9. The second-order valence-corrected chi connectivity index (χ2v) is 9.05. The quantitative estimate of drug-likeness (QED) is 0.323. The fourth-order valence-corrected chi connectivity index (χ4v) is 4.72. The van der Waals surface area contributed by atoms with E-state index in [2.05, 4.69) is 12.1 Å². The van der Waals surface area contributed by atoms with Crippen molar-refractivity contribution in [3.63, 3.8) is 0 Å². The Labute approximate surface area is 188 Å². The van der Waals surface area contributed by atoms with Crippen LogP contribution in [0.4, 0.5) is 0 Å². The van der Waals surface area contributed by atoms with Crippen molar-refractivity contribution in [2.75, 3.05) is 0 Å². The van der Waals surface area contributed by atoms with Crippen LogP contribution in [-0.4, -0.2) is 9.79 Å². The molecule has 0 unspecified atom stereocenters. The molecule has 0 aliphatic carbocycles. The summed E-state index contributed by atoms with van der Waals surface area (Å²) in [6.45, 7) is 5.74. The summed E-state index contributed by atoms with van der Waals surface area (Å²) in [5, 5.41) is 0. The lowest BCUT2D eigenvalue weighted by Gasteiger charge is -2.25. The van der Waals surface area contributed by atoms with Gasteiger partial charge in [-0.15, -0.1) is 0 Å². The molecule has 0 spiro atoms. The minimum atomic E-state index is -4.76. The summed E-state index contributed by atoms with van der Waals surface area (Å²) in [6.07, 6.45) is 0. The van der Waals surface area contributed by atoms with Gasteiger partial charge in [0, 0.05) is 11.1 Å². The lowest BCUT2D eigenvalue weighted by Crippen LogP contribution is -2.03. The summed E-state index contributed by atoms with van der Waals surface area (Å²) in [5.41, 5.74) is 8.23. The molecule has 4 nitrogen and oxygen atoms in total. The van der Waals surface area contributed by atoms with E-state index in [0.29, 0.717) is 11.1 Å². The van der Waals surface area contributed by atoms with Crippen LogP contribution in [0.15, 0.2) is 84.9 Å². The summed E-state index contributed by atoms with van der Waals surface area (Å²) in [4.78, 5) is 19.3. The SMILES string of the molecule is Cc1ccc(-c2c(C)c(OP(=O)(O)O)c(C)c(-c3ccccc3)c2-c2ccccc2)cc1. The van der Waals surface area contributed by atoms with Gasteiger partial charge in [0.2, 0.25) is 0 Å². The Morgan fingerprint density at radius 1 is 0.594 bits per heavy atom. The van der Waals surface area contributed by atoms with Crippen molar-refractivity contribution >= 4 is 7.82 Å². The minimum Gasteiger partial charge on any atom is -0.404 e. The standard InChI is InChI=1S/C27H25O4P/c1-18-14-16-23(17-15-18)25-20(3)27(31-32(28,29)30)19(2)24(21-10-6-4-7-11-21)26(25)22-12-8-5-9-13-22/h4-17H,1-3H3,(H2,28,29,30). The van der Waals surface area contributed by atoms with Gasteiger partial charge in [-0.2, -0.15) is 0 Å². The van der Waals surface area contributed by atoms with E-state index in [1.54, 1.807) is 0 Å². The average molecular weight is 444 g/mol. The molecular weight excluding hydrogens is 419 g/mol. The van der Waals surface area contributed by atoms with Crippen LogP contribution in [0.25, 0.3) is 33.4 Å². The third kappa shape index (κ3) is 4.39. The molecule has 4 rings (SSSR count). The highest BCUT2D eigenvalue weighted by Crippen LogP contribution is 2.51. The second-order valence-electron chi connectivity index (χ2n) is 7.88. The molecule has 0 fully saturated rings. The molecule has 0 radical (unpaired) electrons. The normalized spacial score (nSPS) is 11.4. The van der Waals surface area contributed by atoms with Gasteiger partial charge in [0.1, 0.15) is 5.75 Å². The molecule has 0 bridgehead atoms. The second kappa shape index (κ2) is 8.76. The van der Waals surface area contributed by atoms with Crippen molar-refractivity contribution in [1.29, 1.82) is 0 Å². The highest BCUT2D eigenvalue weighted by molar-refractivity contribution is 7.46. The van der Waals surface area contributed by atoms with Gasteiger partial charge in [0.05, 0.1) is 0 Å². The Balaban J connectivity index is 2.19. The molecule has 4 aromatic rings. The number of hydrogen-bond donors (Lipinski definition) is 2. The van der Waals surface area contributed by atoms with Crippen LogP contribution in [0.2, 0.25) is 0 Å². The third-order valence-electron chi connectivity index (χ3n) is 5.61. The molecule has 0 saturated carbocycles. The fraction of sp³-hybridized carbons (Fsp3) is 0.111. The van der Waals surface area contributed by atoms with Crippen molar-refractivity contribution in [2.24, 2.45) is 0 Å². The Bertz CT molecular complexity index is 1290. The topological polar surface area (TPSA) is 66.8 Å². The Morgan fingerprint density at radius 3 is 1.44 bits per heavy atom. The van der Waals surface area contributed by atoms with Gasteiger partial charge < -0.3 is 4.52 Å². The maximum Gasteiger partial charge on any atom is 0.524 e. The number of rotatable bonds is 5. The highest BCUT2D eigenvalue weighted by Gasteiger charge is 2.27. The van der Waals surface area contributed by atoms with Crippen LogP contribution < -0.4 is 4.52 Å². The van der Waals surface area contributed by atoms with Crippen molar-refractivity contribution in [1.82, 2.24) is 0 Å². The molecular formula is C27H25O4P. The smallest absolute Gasteiger partial charge is 0.404 e. The summed E-state index contributed by atoms with van der Waals surface area (Å²) < 4.78 is 17.1. The van der Waals surface area contributed by atoms with Crippen LogP contribution >= 0.6 is 7.82 Å². The number of phosphoric acid groups is 1. The van der Waals surface area contributed by atoms with E-state index in [1.807, 2.05) is 93.6 Å². The van der Waals surface area contributed by atoms with Gasteiger partial charge in [-0.3, -0.25) is 9.79 Å². The zero-order valence-corrected chi connectivity index (χ0v) is 19.1. The predicted molar refractivity (Wildman–Crippen MR) is 130 cm³/mol. The van der Waals surface area contributed by atoms with Gasteiger partial charge >= 0.3 is 7.82 Å². The van der Waals surface area contributed by atoms with E-state index < -0.39 is 7.82 Å². The summed E-state index contributed by atoms with van der Waals surface area (Å²) in [6, 6.07) is 28.1. The average Bonchev–Trinajstić information content (AvgIpc) is 2.78. The summed E-state index contributed by atoms with van der Waals surface area (Å²) in [5.74, 6) is 0.215. The molecule has 0 aliphatic rings. The van der Waals surface area contributed by atoms with Gasteiger partial charge in [-0.05, 0) is 54.2 Å². The molecule has 32 heavy (non-hydrogen) atoms. The first-order valence-corrected chi connectivity index (χ1v) is 11.9. The Kier molecular flexibility index (Phi) is 6.03. The highest BCUT2D eigenvalue weighted by atomic mass is 31.2. The molecule has 0 heterocycles. The van der Waals surface area contributed by atoms with Gasteiger partial charge in [-0.25, -0.2) is 4.57 Å². The first-order valence-electron chi connectivity index (χ1n) is 10.4. The van der Waals surface area contributed by atoms with Gasteiger partial charge in [0.15, 0.2) is 0 Å². The third-order valence-corrected chi connectivity index (χ3v) is 6.03. The number of aryl methyl sites for hydroxylation is 1. The molecule has 162 valence electrons. The molecule has 0 saturated heterocycles. The number of benzene rings is 4. The van der Waals surface area contributed by atoms with Crippen LogP contribution in [-0.2, 0) is 4.57 Å². The van der Waals surface area contributed by atoms with Crippen LogP contribution in [0.5, 0.6) is 5.75 Å². The maximum absolute atomic E-state index is 11.9. The van der Waals surface area contributed by atoms with Crippen LogP contribution in [0.1, 0.15) is 16.7 Å². The van der Waals surface area contributed by atoms with Crippen molar-refractivity contribution < 1.29 is 18.9 Å². The molecule has 0 aromatic heterocycles. The lowest BCUT2D eigenvalue weighted by atomic mass is 9.82. The molecule has 0 atom stereocenters. The number of hydrogen-bond acceptors (Lipinski definition) is 2. The molecule has 4 aromatic carbocycles. The van der Waals surface area contributed by atoms with E-state index >= 15 is 0 Å². The fourth-order valence-electron chi connectivity index (χ4n) is 4.20. The molecule has 2 N–H and O–H groups in total. The summed E-state index contributed by atoms with van der Waals surface area (Å²) >= 11 is 0. The van der Waals surface area contributed by atoms with E-state index in [9.17, 15) is 14.4 Å². The first kappa shape index (κ1) is 22.0. The van der Waals surface area contributed by atoms with Crippen molar-refractivity contribution in [2.45, 2.75) is 20.8 Å². The summed E-state index contributed by atoms with van der Waals surface area (Å²) in [7, 11) is -4.76. The van der Waals surface area contributed by atoms with E-state index in [4.69, 9.17) is 4.52 Å². The Morgan fingerprint density at radius 2 is 1.00 bits per heavy atom. The first-order chi connectivity index (χ1) is 15.3. The van der Waals surface area contributed by atoms with E-state index in [1.165, 1.54) is 0 Å². The van der Waals surface area contributed by atoms with E-state index in [0.717, 1.165) is 38.9 Å². The van der Waals surface area contributed by atoms with E-state index in [-0.39, 0.29) is 5.75 Å².